The molecule has 2 rings (SSSR count). The SMILES string of the molecule is CS(=O)(=O)c1ccccc1SCC(=O)Nc1ccc(Br)cc1. The molecule has 0 bridgehead atoms. The maximum Gasteiger partial charge on any atom is 0.234 e. The fourth-order valence-corrected chi connectivity index (χ4v) is 4.15. The van der Waals surface area contributed by atoms with E-state index in [9.17, 15) is 13.2 Å². The zero-order chi connectivity index (χ0) is 16.2. The summed E-state index contributed by atoms with van der Waals surface area (Å²) < 4.78 is 24.3. The first-order valence-corrected chi connectivity index (χ1v) is 10.0. The van der Waals surface area contributed by atoms with Gasteiger partial charge in [-0.25, -0.2) is 8.42 Å². The summed E-state index contributed by atoms with van der Waals surface area (Å²) in [6, 6.07) is 13.9. The monoisotopic (exact) mass is 399 g/mol. The van der Waals surface area contributed by atoms with Crippen molar-refractivity contribution in [2.75, 3.05) is 17.3 Å². The molecule has 0 aliphatic heterocycles. The van der Waals surface area contributed by atoms with Crippen molar-refractivity contribution in [2.24, 2.45) is 0 Å². The van der Waals surface area contributed by atoms with Gasteiger partial charge in [-0.3, -0.25) is 4.79 Å². The first-order chi connectivity index (χ1) is 10.4. The predicted molar refractivity (Wildman–Crippen MR) is 93.0 cm³/mol. The third kappa shape index (κ3) is 4.86. The number of thioether (sulfide) groups is 1. The van der Waals surface area contributed by atoms with Crippen LogP contribution >= 0.6 is 27.7 Å². The first-order valence-electron chi connectivity index (χ1n) is 6.33. The first kappa shape index (κ1) is 17.1. The molecule has 0 radical (unpaired) electrons. The highest BCUT2D eigenvalue weighted by Crippen LogP contribution is 2.26. The Labute approximate surface area is 142 Å². The second-order valence-corrected chi connectivity index (χ2v) is 8.48. The van der Waals surface area contributed by atoms with E-state index in [1.807, 2.05) is 12.1 Å². The molecule has 4 nitrogen and oxygen atoms in total. The minimum Gasteiger partial charge on any atom is -0.325 e. The number of hydrogen-bond acceptors (Lipinski definition) is 4. The molecule has 0 aromatic heterocycles. The summed E-state index contributed by atoms with van der Waals surface area (Å²) in [5.74, 6) is -0.0431. The molecule has 0 fully saturated rings. The van der Waals surface area contributed by atoms with E-state index in [4.69, 9.17) is 0 Å². The Balaban J connectivity index is 2.01. The number of sulfone groups is 1. The molecular formula is C15H14BrNO3S2. The van der Waals surface area contributed by atoms with Gasteiger partial charge in [0.05, 0.1) is 10.6 Å². The van der Waals surface area contributed by atoms with E-state index in [1.54, 1.807) is 36.4 Å². The van der Waals surface area contributed by atoms with Crippen LogP contribution in [0, 0.1) is 0 Å². The van der Waals surface area contributed by atoms with Crippen LogP contribution < -0.4 is 5.32 Å². The Bertz CT molecular complexity index is 774. The Hall–Kier alpha value is -1.31. The lowest BCUT2D eigenvalue weighted by Crippen LogP contribution is -2.14. The zero-order valence-electron chi connectivity index (χ0n) is 11.7. The van der Waals surface area contributed by atoms with Gasteiger partial charge >= 0.3 is 0 Å². The molecule has 0 atom stereocenters. The lowest BCUT2D eigenvalue weighted by atomic mass is 10.3. The van der Waals surface area contributed by atoms with Crippen molar-refractivity contribution in [1.29, 1.82) is 0 Å². The lowest BCUT2D eigenvalue weighted by Gasteiger charge is -2.08. The van der Waals surface area contributed by atoms with E-state index >= 15 is 0 Å². The fraction of sp³-hybridized carbons (Fsp3) is 0.133. The van der Waals surface area contributed by atoms with Gasteiger partial charge in [-0.05, 0) is 36.4 Å². The summed E-state index contributed by atoms with van der Waals surface area (Å²) in [6.45, 7) is 0. The van der Waals surface area contributed by atoms with Gasteiger partial charge in [0.2, 0.25) is 5.91 Å². The maximum atomic E-state index is 11.9. The molecule has 116 valence electrons. The number of nitrogens with one attached hydrogen (secondary N) is 1. The third-order valence-corrected chi connectivity index (χ3v) is 5.62. The third-order valence-electron chi connectivity index (χ3n) is 2.74. The summed E-state index contributed by atoms with van der Waals surface area (Å²) >= 11 is 4.53. The minimum absolute atomic E-state index is 0.141. The van der Waals surface area contributed by atoms with Gasteiger partial charge in [-0.1, -0.05) is 28.1 Å². The molecule has 7 heteroatoms. The molecule has 2 aromatic carbocycles. The van der Waals surface area contributed by atoms with Gasteiger partial charge in [0.1, 0.15) is 0 Å². The molecule has 0 saturated heterocycles. The zero-order valence-corrected chi connectivity index (χ0v) is 15.0. The molecular weight excluding hydrogens is 386 g/mol. The molecule has 0 heterocycles. The smallest absolute Gasteiger partial charge is 0.234 e. The van der Waals surface area contributed by atoms with E-state index in [1.165, 1.54) is 11.8 Å². The standard InChI is InChI=1S/C15H14BrNO3S2/c1-22(19,20)14-5-3-2-4-13(14)21-10-15(18)17-12-8-6-11(16)7-9-12/h2-9H,10H2,1H3,(H,17,18). The van der Waals surface area contributed by atoms with E-state index in [0.717, 1.165) is 10.7 Å². The number of halogens is 1. The summed E-state index contributed by atoms with van der Waals surface area (Å²) in [5.41, 5.74) is 0.699. The van der Waals surface area contributed by atoms with Crippen molar-refractivity contribution < 1.29 is 13.2 Å². The molecule has 22 heavy (non-hydrogen) atoms. The lowest BCUT2D eigenvalue weighted by molar-refractivity contribution is -0.113. The van der Waals surface area contributed by atoms with Gasteiger partial charge in [0.15, 0.2) is 9.84 Å². The summed E-state index contributed by atoms with van der Waals surface area (Å²) in [7, 11) is -3.30. The van der Waals surface area contributed by atoms with Crippen molar-refractivity contribution in [3.8, 4) is 0 Å². The van der Waals surface area contributed by atoms with E-state index in [2.05, 4.69) is 21.2 Å². The molecule has 1 N–H and O–H groups in total. The quantitative estimate of drug-likeness (QED) is 0.780. The van der Waals surface area contributed by atoms with Crippen LogP contribution in [0.2, 0.25) is 0 Å². The molecule has 2 aromatic rings. The maximum absolute atomic E-state index is 11.9. The highest BCUT2D eigenvalue weighted by Gasteiger charge is 2.14. The summed E-state index contributed by atoms with van der Waals surface area (Å²) in [5, 5.41) is 2.77. The fourth-order valence-electron chi connectivity index (χ4n) is 1.75. The molecule has 1 amide bonds. The van der Waals surface area contributed by atoms with Crippen molar-refractivity contribution in [3.63, 3.8) is 0 Å². The van der Waals surface area contributed by atoms with Crippen molar-refractivity contribution >= 4 is 49.1 Å². The van der Waals surface area contributed by atoms with Crippen LogP contribution in [0.15, 0.2) is 62.8 Å². The van der Waals surface area contributed by atoms with E-state index in [0.29, 0.717) is 10.6 Å². The topological polar surface area (TPSA) is 63.2 Å². The van der Waals surface area contributed by atoms with Crippen molar-refractivity contribution in [3.05, 3.63) is 53.0 Å². The number of hydrogen-bond donors (Lipinski definition) is 1. The molecule has 0 unspecified atom stereocenters. The Kier molecular flexibility index (Phi) is 5.66. The second-order valence-electron chi connectivity index (χ2n) is 4.56. The number of amides is 1. The van der Waals surface area contributed by atoms with Crippen LogP contribution in [0.1, 0.15) is 0 Å². The van der Waals surface area contributed by atoms with Crippen LogP contribution in [0.3, 0.4) is 0 Å². The van der Waals surface area contributed by atoms with Crippen LogP contribution in [0.25, 0.3) is 0 Å². The van der Waals surface area contributed by atoms with Gasteiger partial charge in [0.25, 0.3) is 0 Å². The van der Waals surface area contributed by atoms with Gasteiger partial charge < -0.3 is 5.32 Å². The minimum atomic E-state index is -3.30. The molecule has 0 aliphatic rings. The van der Waals surface area contributed by atoms with E-state index in [-0.39, 0.29) is 16.6 Å². The summed E-state index contributed by atoms with van der Waals surface area (Å²) in [6.07, 6.45) is 1.16. The highest BCUT2D eigenvalue weighted by atomic mass is 79.9. The molecule has 0 spiro atoms. The Morgan fingerprint density at radius 2 is 1.77 bits per heavy atom. The average Bonchev–Trinajstić information content (AvgIpc) is 2.47. The molecule has 0 saturated carbocycles. The van der Waals surface area contributed by atoms with Gasteiger partial charge in [0, 0.05) is 21.3 Å². The number of carbonyl (C=O) groups is 1. The van der Waals surface area contributed by atoms with Crippen LogP contribution in [0.5, 0.6) is 0 Å². The summed E-state index contributed by atoms with van der Waals surface area (Å²) in [4.78, 5) is 12.8. The normalized spacial score (nSPS) is 11.2. The number of rotatable bonds is 5. The number of benzene rings is 2. The predicted octanol–water partition coefficient (Wildman–Crippen LogP) is 3.58. The van der Waals surface area contributed by atoms with E-state index < -0.39 is 9.84 Å². The van der Waals surface area contributed by atoms with Gasteiger partial charge in [-0.2, -0.15) is 0 Å². The van der Waals surface area contributed by atoms with Gasteiger partial charge in [-0.15, -0.1) is 11.8 Å². The molecule has 0 aliphatic carbocycles. The van der Waals surface area contributed by atoms with Crippen molar-refractivity contribution in [2.45, 2.75) is 9.79 Å². The van der Waals surface area contributed by atoms with Crippen LogP contribution in [-0.4, -0.2) is 26.3 Å². The largest absolute Gasteiger partial charge is 0.325 e. The Morgan fingerprint density at radius 1 is 1.14 bits per heavy atom. The average molecular weight is 400 g/mol. The van der Waals surface area contributed by atoms with Crippen LogP contribution in [-0.2, 0) is 14.6 Å². The second kappa shape index (κ2) is 7.30. The van der Waals surface area contributed by atoms with Crippen LogP contribution in [0.4, 0.5) is 5.69 Å². The number of carbonyl (C=O) groups excluding carboxylic acids is 1. The Morgan fingerprint density at radius 3 is 2.41 bits per heavy atom. The van der Waals surface area contributed by atoms with Crippen molar-refractivity contribution in [1.82, 2.24) is 0 Å². The number of anilines is 1. The highest BCUT2D eigenvalue weighted by molar-refractivity contribution is 9.10.